The molecule has 5 heteroatoms. The van der Waals surface area contributed by atoms with Crippen LogP contribution in [0.5, 0.6) is 5.75 Å². The van der Waals surface area contributed by atoms with Gasteiger partial charge in [0.2, 0.25) is 0 Å². The Morgan fingerprint density at radius 3 is 2.88 bits per heavy atom. The van der Waals surface area contributed by atoms with Crippen LogP contribution in [-0.2, 0) is 0 Å². The highest BCUT2D eigenvalue weighted by Crippen LogP contribution is 2.24. The summed E-state index contributed by atoms with van der Waals surface area (Å²) >= 11 is 3.28. The standard InChI is InChI=1S/C11H11BrN2O2/c1-14(8-4-7-13)11(15)16-10-6-3-2-5-9(10)12/h2-3,5-6H,4,8H2,1H3. The second-order valence-corrected chi connectivity index (χ2v) is 3.98. The van der Waals surface area contributed by atoms with Crippen LogP contribution in [0.1, 0.15) is 6.42 Å². The Morgan fingerprint density at radius 2 is 2.25 bits per heavy atom. The van der Waals surface area contributed by atoms with E-state index in [-0.39, 0.29) is 0 Å². The van der Waals surface area contributed by atoms with E-state index in [1.54, 1.807) is 25.2 Å². The van der Waals surface area contributed by atoms with Crippen molar-refractivity contribution in [3.63, 3.8) is 0 Å². The third kappa shape index (κ3) is 3.55. The molecule has 0 fully saturated rings. The number of halogens is 1. The molecule has 0 saturated heterocycles. The first kappa shape index (κ1) is 12.5. The van der Waals surface area contributed by atoms with Crippen molar-refractivity contribution in [2.75, 3.05) is 13.6 Å². The first-order valence-corrected chi connectivity index (χ1v) is 5.49. The Balaban J connectivity index is 2.58. The summed E-state index contributed by atoms with van der Waals surface area (Å²) in [5.74, 6) is 0.469. The molecular weight excluding hydrogens is 272 g/mol. The molecule has 0 saturated carbocycles. The van der Waals surface area contributed by atoms with Crippen LogP contribution < -0.4 is 4.74 Å². The van der Waals surface area contributed by atoms with Gasteiger partial charge in [0, 0.05) is 13.6 Å². The van der Waals surface area contributed by atoms with Crippen molar-refractivity contribution in [3.05, 3.63) is 28.7 Å². The Hall–Kier alpha value is -1.54. The van der Waals surface area contributed by atoms with Crippen molar-refractivity contribution in [1.29, 1.82) is 5.26 Å². The van der Waals surface area contributed by atoms with Gasteiger partial charge in [-0.1, -0.05) is 12.1 Å². The topological polar surface area (TPSA) is 53.3 Å². The first-order chi connectivity index (χ1) is 7.65. The summed E-state index contributed by atoms with van der Waals surface area (Å²) in [4.78, 5) is 12.9. The van der Waals surface area contributed by atoms with Gasteiger partial charge in [-0.25, -0.2) is 4.79 Å². The molecule has 0 unspecified atom stereocenters. The molecule has 0 aliphatic heterocycles. The molecular formula is C11H11BrN2O2. The molecule has 84 valence electrons. The largest absolute Gasteiger partial charge is 0.415 e. The number of carbonyl (C=O) groups is 1. The van der Waals surface area contributed by atoms with Crippen molar-refractivity contribution in [1.82, 2.24) is 4.90 Å². The third-order valence-corrected chi connectivity index (χ3v) is 2.56. The smallest absolute Gasteiger partial charge is 0.409 e. The van der Waals surface area contributed by atoms with Crippen molar-refractivity contribution in [2.24, 2.45) is 0 Å². The van der Waals surface area contributed by atoms with Gasteiger partial charge in [-0.3, -0.25) is 0 Å². The van der Waals surface area contributed by atoms with Crippen LogP contribution in [0.15, 0.2) is 28.7 Å². The minimum atomic E-state index is -0.470. The Kier molecular flexibility index (Phi) is 4.80. The number of hydrogen-bond acceptors (Lipinski definition) is 3. The lowest BCUT2D eigenvalue weighted by atomic mass is 10.3. The van der Waals surface area contributed by atoms with Crippen LogP contribution in [-0.4, -0.2) is 24.6 Å². The van der Waals surface area contributed by atoms with E-state index in [9.17, 15) is 4.79 Å². The number of benzene rings is 1. The van der Waals surface area contributed by atoms with Crippen LogP contribution in [0.2, 0.25) is 0 Å². The fraction of sp³-hybridized carbons (Fsp3) is 0.273. The van der Waals surface area contributed by atoms with E-state index < -0.39 is 6.09 Å². The SMILES string of the molecule is CN(CCC#N)C(=O)Oc1ccccc1Br. The van der Waals surface area contributed by atoms with Crippen LogP contribution in [0.3, 0.4) is 0 Å². The first-order valence-electron chi connectivity index (χ1n) is 4.69. The van der Waals surface area contributed by atoms with Gasteiger partial charge in [-0.15, -0.1) is 0 Å². The summed E-state index contributed by atoms with van der Waals surface area (Å²) in [6.45, 7) is 0.361. The fourth-order valence-electron chi connectivity index (χ4n) is 1.01. The minimum absolute atomic E-state index is 0.293. The highest BCUT2D eigenvalue weighted by molar-refractivity contribution is 9.10. The Bertz CT molecular complexity index is 415. The van der Waals surface area contributed by atoms with Gasteiger partial charge in [-0.2, -0.15) is 5.26 Å². The highest BCUT2D eigenvalue weighted by Gasteiger charge is 2.11. The maximum atomic E-state index is 11.5. The number of carbonyl (C=O) groups excluding carboxylic acids is 1. The second kappa shape index (κ2) is 6.13. The van der Waals surface area contributed by atoms with Gasteiger partial charge in [0.1, 0.15) is 5.75 Å². The lowest BCUT2D eigenvalue weighted by Gasteiger charge is -2.15. The maximum absolute atomic E-state index is 11.5. The predicted octanol–water partition coefficient (Wildman–Crippen LogP) is 2.79. The zero-order valence-electron chi connectivity index (χ0n) is 8.81. The number of hydrogen-bond donors (Lipinski definition) is 0. The molecule has 0 aromatic heterocycles. The molecule has 1 aromatic rings. The van der Waals surface area contributed by atoms with Gasteiger partial charge in [-0.05, 0) is 28.1 Å². The number of nitriles is 1. The van der Waals surface area contributed by atoms with Crippen LogP contribution in [0, 0.1) is 11.3 Å². The number of nitrogens with zero attached hydrogens (tertiary/aromatic N) is 2. The van der Waals surface area contributed by atoms with E-state index in [4.69, 9.17) is 10.00 Å². The number of para-hydroxylation sites is 1. The zero-order chi connectivity index (χ0) is 12.0. The average Bonchev–Trinajstić information content (AvgIpc) is 2.28. The van der Waals surface area contributed by atoms with Crippen molar-refractivity contribution in [2.45, 2.75) is 6.42 Å². The number of ether oxygens (including phenoxy) is 1. The van der Waals surface area contributed by atoms with Crippen LogP contribution in [0.25, 0.3) is 0 Å². The van der Waals surface area contributed by atoms with Gasteiger partial charge in [0.15, 0.2) is 0 Å². The lowest BCUT2D eigenvalue weighted by Crippen LogP contribution is -2.30. The zero-order valence-corrected chi connectivity index (χ0v) is 10.4. The molecule has 0 aliphatic carbocycles. The molecule has 0 N–H and O–H groups in total. The maximum Gasteiger partial charge on any atom is 0.415 e. The summed E-state index contributed by atoms with van der Waals surface area (Å²) in [5, 5.41) is 8.39. The molecule has 0 radical (unpaired) electrons. The predicted molar refractivity (Wildman–Crippen MR) is 63.0 cm³/mol. The highest BCUT2D eigenvalue weighted by atomic mass is 79.9. The van der Waals surface area contributed by atoms with Crippen LogP contribution in [0.4, 0.5) is 4.79 Å². The molecule has 0 heterocycles. The number of rotatable bonds is 3. The van der Waals surface area contributed by atoms with Crippen molar-refractivity contribution < 1.29 is 9.53 Å². The van der Waals surface area contributed by atoms with E-state index in [1.807, 2.05) is 12.1 Å². The summed E-state index contributed by atoms with van der Waals surface area (Å²) in [5.41, 5.74) is 0. The molecule has 0 bridgehead atoms. The minimum Gasteiger partial charge on any atom is -0.409 e. The molecule has 16 heavy (non-hydrogen) atoms. The van der Waals surface area contributed by atoms with Crippen molar-refractivity contribution in [3.8, 4) is 11.8 Å². The monoisotopic (exact) mass is 282 g/mol. The Morgan fingerprint density at radius 1 is 1.56 bits per heavy atom. The van der Waals surface area contributed by atoms with E-state index in [0.717, 1.165) is 4.47 Å². The van der Waals surface area contributed by atoms with Gasteiger partial charge >= 0.3 is 6.09 Å². The quantitative estimate of drug-likeness (QED) is 0.857. The van der Waals surface area contributed by atoms with E-state index in [2.05, 4.69) is 15.9 Å². The summed E-state index contributed by atoms with van der Waals surface area (Å²) in [6, 6.07) is 9.07. The van der Waals surface area contributed by atoms with Gasteiger partial charge < -0.3 is 9.64 Å². The summed E-state index contributed by atoms with van der Waals surface area (Å²) < 4.78 is 5.85. The van der Waals surface area contributed by atoms with Crippen molar-refractivity contribution >= 4 is 22.0 Å². The average molecular weight is 283 g/mol. The molecule has 0 aliphatic rings. The number of amides is 1. The third-order valence-electron chi connectivity index (χ3n) is 1.90. The Labute approximate surface area is 103 Å². The molecule has 0 spiro atoms. The van der Waals surface area contributed by atoms with Crippen LogP contribution >= 0.6 is 15.9 Å². The fourth-order valence-corrected chi connectivity index (χ4v) is 1.37. The van der Waals surface area contributed by atoms with Gasteiger partial charge in [0.05, 0.1) is 17.0 Å². The second-order valence-electron chi connectivity index (χ2n) is 3.13. The summed E-state index contributed by atoms with van der Waals surface area (Å²) in [6.07, 6.45) is -0.177. The lowest BCUT2D eigenvalue weighted by molar-refractivity contribution is 0.163. The molecule has 4 nitrogen and oxygen atoms in total. The molecule has 0 atom stereocenters. The summed E-state index contributed by atoms with van der Waals surface area (Å²) in [7, 11) is 1.59. The van der Waals surface area contributed by atoms with E-state index in [1.165, 1.54) is 4.90 Å². The van der Waals surface area contributed by atoms with Gasteiger partial charge in [0.25, 0.3) is 0 Å². The molecule has 1 amide bonds. The molecule has 1 rings (SSSR count). The van der Waals surface area contributed by atoms with E-state index >= 15 is 0 Å². The van der Waals surface area contributed by atoms with E-state index in [0.29, 0.717) is 18.7 Å². The molecule has 1 aromatic carbocycles. The normalized spacial score (nSPS) is 9.31.